The number of aliphatic hydroxyl groups is 1. The topological polar surface area (TPSA) is 121 Å². The zero-order valence-electron chi connectivity index (χ0n) is 22.3. The molecule has 11 heteroatoms. The molecule has 0 spiro atoms. The molecule has 0 radical (unpaired) electrons. The summed E-state index contributed by atoms with van der Waals surface area (Å²) in [5.41, 5.74) is 1.75. The Bertz CT molecular complexity index is 1220. The number of aryl methyl sites for hydroxylation is 1. The van der Waals surface area contributed by atoms with Crippen LogP contribution in [0.4, 0.5) is 4.39 Å². The van der Waals surface area contributed by atoms with Gasteiger partial charge < -0.3 is 25.4 Å². The van der Waals surface area contributed by atoms with Gasteiger partial charge in [-0.25, -0.2) is 9.37 Å². The smallest absolute Gasteiger partial charge is 0.258 e. The molecule has 0 bridgehead atoms. The number of rotatable bonds is 8. The molecule has 1 aromatic carbocycles. The van der Waals surface area contributed by atoms with Gasteiger partial charge in [-0.05, 0) is 36.8 Å². The first-order valence-corrected chi connectivity index (χ1v) is 13.6. The maximum atomic E-state index is 14.3. The van der Waals surface area contributed by atoms with Gasteiger partial charge in [-0.1, -0.05) is 32.9 Å². The summed E-state index contributed by atoms with van der Waals surface area (Å²) in [7, 11) is 1.56. The highest BCUT2D eigenvalue weighted by molar-refractivity contribution is 7.13. The van der Waals surface area contributed by atoms with Gasteiger partial charge in [0.2, 0.25) is 11.8 Å². The predicted octanol–water partition coefficient (Wildman–Crippen LogP) is 2.74. The van der Waals surface area contributed by atoms with Crippen molar-refractivity contribution in [3.8, 4) is 16.2 Å². The summed E-state index contributed by atoms with van der Waals surface area (Å²) < 4.78 is 19.9. The number of aromatic nitrogens is 1. The van der Waals surface area contributed by atoms with Crippen LogP contribution < -0.4 is 15.4 Å². The fourth-order valence-corrected chi connectivity index (χ4v) is 5.43. The number of hydrogen-bond acceptors (Lipinski definition) is 7. The Morgan fingerprint density at radius 2 is 2.03 bits per heavy atom. The van der Waals surface area contributed by atoms with Crippen molar-refractivity contribution in [2.24, 2.45) is 5.41 Å². The Morgan fingerprint density at radius 1 is 1.32 bits per heavy atom. The highest BCUT2D eigenvalue weighted by Crippen LogP contribution is 2.40. The molecule has 3 atom stereocenters. The van der Waals surface area contributed by atoms with E-state index in [4.69, 9.17) is 4.74 Å². The number of nitrogens with one attached hydrogen (secondary N) is 2. The zero-order chi connectivity index (χ0) is 27.8. The number of ether oxygens (including phenoxy) is 1. The molecule has 206 valence electrons. The second kappa shape index (κ2) is 10.6. The Hall–Kier alpha value is -3.05. The van der Waals surface area contributed by atoms with Gasteiger partial charge in [-0.2, -0.15) is 0 Å². The molecule has 2 aliphatic rings. The SMILES string of the molecule is COc1cc(-c2scnc2C)ccc1CNC(=O)C1C[C@@H](O)CN1C(=O)[C@@H](NC(=O)C1(F)CC1)C(C)(C)C. The van der Waals surface area contributed by atoms with E-state index in [2.05, 4.69) is 15.6 Å². The third-order valence-corrected chi connectivity index (χ3v) is 8.07. The number of nitrogens with zero attached hydrogens (tertiary/aromatic N) is 2. The summed E-state index contributed by atoms with van der Waals surface area (Å²) >= 11 is 1.53. The summed E-state index contributed by atoms with van der Waals surface area (Å²) in [6, 6.07) is 3.73. The van der Waals surface area contributed by atoms with Crippen molar-refractivity contribution in [1.29, 1.82) is 0 Å². The molecule has 1 aliphatic heterocycles. The van der Waals surface area contributed by atoms with Gasteiger partial charge in [-0.15, -0.1) is 11.3 Å². The number of amides is 3. The second-order valence-corrected chi connectivity index (χ2v) is 12.0. The van der Waals surface area contributed by atoms with E-state index in [1.54, 1.807) is 33.4 Å². The molecule has 3 N–H and O–H groups in total. The Balaban J connectivity index is 1.47. The minimum atomic E-state index is -1.93. The van der Waals surface area contributed by atoms with Crippen LogP contribution in [0.15, 0.2) is 23.7 Å². The van der Waals surface area contributed by atoms with Crippen molar-refractivity contribution in [2.75, 3.05) is 13.7 Å². The summed E-state index contributed by atoms with van der Waals surface area (Å²) in [5.74, 6) is -1.16. The van der Waals surface area contributed by atoms with Crippen LogP contribution in [0.5, 0.6) is 5.75 Å². The maximum Gasteiger partial charge on any atom is 0.258 e. The van der Waals surface area contributed by atoms with Crippen molar-refractivity contribution in [1.82, 2.24) is 20.5 Å². The molecule has 2 heterocycles. The summed E-state index contributed by atoms with van der Waals surface area (Å²) in [6.07, 6.45) is -0.564. The van der Waals surface area contributed by atoms with E-state index in [1.165, 1.54) is 16.2 Å². The minimum absolute atomic E-state index is 0.0492. The number of likely N-dealkylation sites (tertiary alicyclic amines) is 1. The number of carbonyl (C=O) groups is 3. The summed E-state index contributed by atoms with van der Waals surface area (Å²) in [6.45, 7) is 7.33. The lowest BCUT2D eigenvalue weighted by molar-refractivity contribution is -0.145. The molecule has 38 heavy (non-hydrogen) atoms. The van der Waals surface area contributed by atoms with E-state index in [0.29, 0.717) is 5.75 Å². The molecule has 4 rings (SSSR count). The lowest BCUT2D eigenvalue weighted by atomic mass is 9.85. The lowest BCUT2D eigenvalue weighted by Gasteiger charge is -2.35. The van der Waals surface area contributed by atoms with Gasteiger partial charge in [0.1, 0.15) is 17.8 Å². The standard InChI is InChI=1S/C27H35FN4O5S/c1-15-21(38-14-30-15)16-6-7-17(20(10-16)37-5)12-29-23(34)19-11-18(33)13-32(19)24(35)22(26(2,3)4)31-25(36)27(28)8-9-27/h6-7,10,14,18-19,22,33H,8-9,11-13H2,1-5H3,(H,29,34)(H,31,36)/t18-,19?,22-/m1/s1. The van der Waals surface area contributed by atoms with Gasteiger partial charge in [0, 0.05) is 25.1 Å². The monoisotopic (exact) mass is 546 g/mol. The zero-order valence-corrected chi connectivity index (χ0v) is 23.2. The Kier molecular flexibility index (Phi) is 7.81. The molecule has 1 saturated carbocycles. The van der Waals surface area contributed by atoms with E-state index in [0.717, 1.165) is 21.7 Å². The van der Waals surface area contributed by atoms with E-state index in [9.17, 15) is 23.9 Å². The molecular weight excluding hydrogens is 511 g/mol. The van der Waals surface area contributed by atoms with Crippen molar-refractivity contribution < 1.29 is 28.6 Å². The van der Waals surface area contributed by atoms with E-state index in [-0.39, 0.29) is 32.4 Å². The van der Waals surface area contributed by atoms with Gasteiger partial charge in [0.25, 0.3) is 5.91 Å². The van der Waals surface area contributed by atoms with E-state index >= 15 is 0 Å². The average Bonchev–Trinajstić information content (AvgIpc) is 3.28. The number of benzene rings is 1. The van der Waals surface area contributed by atoms with Crippen LogP contribution in [0.2, 0.25) is 0 Å². The third-order valence-electron chi connectivity index (χ3n) is 7.10. The van der Waals surface area contributed by atoms with Crippen LogP contribution in [-0.4, -0.2) is 70.2 Å². The number of aliphatic hydroxyl groups excluding tert-OH is 1. The minimum Gasteiger partial charge on any atom is -0.496 e. The van der Waals surface area contributed by atoms with Crippen LogP contribution >= 0.6 is 11.3 Å². The molecule has 1 aromatic heterocycles. The maximum absolute atomic E-state index is 14.3. The largest absolute Gasteiger partial charge is 0.496 e. The van der Waals surface area contributed by atoms with Crippen LogP contribution in [-0.2, 0) is 20.9 Å². The third kappa shape index (κ3) is 5.83. The number of carbonyl (C=O) groups excluding carboxylic acids is 3. The van der Waals surface area contributed by atoms with Crippen LogP contribution in [0.3, 0.4) is 0 Å². The fourth-order valence-electron chi connectivity index (χ4n) is 4.63. The van der Waals surface area contributed by atoms with Crippen molar-refractivity contribution in [2.45, 2.75) is 77.4 Å². The Morgan fingerprint density at radius 3 is 2.61 bits per heavy atom. The molecule has 1 aliphatic carbocycles. The highest BCUT2D eigenvalue weighted by Gasteiger charge is 2.53. The molecule has 1 saturated heterocycles. The van der Waals surface area contributed by atoms with Crippen molar-refractivity contribution >= 4 is 29.1 Å². The number of thiazole rings is 1. The van der Waals surface area contributed by atoms with Crippen molar-refractivity contribution in [3.05, 3.63) is 35.0 Å². The molecule has 1 unspecified atom stereocenters. The second-order valence-electron chi connectivity index (χ2n) is 11.1. The quantitative estimate of drug-likeness (QED) is 0.468. The summed E-state index contributed by atoms with van der Waals surface area (Å²) in [4.78, 5) is 45.8. The van der Waals surface area contributed by atoms with Crippen LogP contribution in [0.1, 0.15) is 51.3 Å². The van der Waals surface area contributed by atoms with E-state index in [1.807, 2.05) is 25.1 Å². The first kappa shape index (κ1) is 28.0. The molecular formula is C27H35FN4O5S. The molecule has 2 fully saturated rings. The van der Waals surface area contributed by atoms with Crippen LogP contribution in [0, 0.1) is 12.3 Å². The molecule has 2 aromatic rings. The van der Waals surface area contributed by atoms with Gasteiger partial charge >= 0.3 is 0 Å². The number of halogens is 1. The predicted molar refractivity (Wildman–Crippen MR) is 141 cm³/mol. The average molecular weight is 547 g/mol. The number of hydrogen-bond donors (Lipinski definition) is 3. The first-order chi connectivity index (χ1) is 17.8. The molecule has 9 nitrogen and oxygen atoms in total. The normalized spacial score (nSPS) is 21.1. The molecule has 3 amide bonds. The fraction of sp³-hybridized carbons (Fsp3) is 0.556. The van der Waals surface area contributed by atoms with Gasteiger partial charge in [0.15, 0.2) is 5.67 Å². The highest BCUT2D eigenvalue weighted by atomic mass is 32.1. The number of β-amino-alcohol motifs (C(OH)–C–C–N with tert-alkyl or cyclic N) is 1. The van der Waals surface area contributed by atoms with E-state index < -0.39 is 47.0 Å². The van der Waals surface area contributed by atoms with Gasteiger partial charge in [0.05, 0.1) is 29.3 Å². The van der Waals surface area contributed by atoms with Crippen molar-refractivity contribution in [3.63, 3.8) is 0 Å². The number of alkyl halides is 1. The van der Waals surface area contributed by atoms with Crippen LogP contribution in [0.25, 0.3) is 10.4 Å². The lowest BCUT2D eigenvalue weighted by Crippen LogP contribution is -2.59. The number of methoxy groups -OCH3 is 1. The summed E-state index contributed by atoms with van der Waals surface area (Å²) in [5, 5.41) is 15.8. The first-order valence-electron chi connectivity index (χ1n) is 12.7. The Labute approximate surface area is 225 Å². The van der Waals surface area contributed by atoms with Gasteiger partial charge in [-0.3, -0.25) is 14.4 Å².